The molecule has 1 fully saturated rings. The number of imidazole rings is 1. The monoisotopic (exact) mass is 549 g/mol. The molecule has 1 amide bonds. The quantitative estimate of drug-likeness (QED) is 0.216. The van der Waals surface area contributed by atoms with E-state index in [1.54, 1.807) is 25.5 Å². The van der Waals surface area contributed by atoms with Gasteiger partial charge in [-0.15, -0.1) is 0 Å². The molecule has 1 unspecified atom stereocenters. The zero-order valence-electron chi connectivity index (χ0n) is 22.6. The van der Waals surface area contributed by atoms with Crippen LogP contribution in [0.15, 0.2) is 40.7 Å². The van der Waals surface area contributed by atoms with E-state index in [0.29, 0.717) is 17.2 Å². The van der Waals surface area contributed by atoms with Gasteiger partial charge in [-0.05, 0) is 33.6 Å². The first-order chi connectivity index (χ1) is 18.8. The van der Waals surface area contributed by atoms with Crippen LogP contribution in [0.5, 0.6) is 0 Å². The Morgan fingerprint density at radius 2 is 1.80 bits per heavy atom. The van der Waals surface area contributed by atoms with Crippen LogP contribution in [0.3, 0.4) is 0 Å². The molecule has 0 bridgehead atoms. The molecule has 1 atom stereocenters. The molecular weight excluding hydrogens is 518 g/mol. The van der Waals surface area contributed by atoms with Gasteiger partial charge in [-0.25, -0.2) is 29.3 Å². The molecular formula is C24H31N13O3. The first-order valence-corrected chi connectivity index (χ1v) is 12.6. The van der Waals surface area contributed by atoms with Gasteiger partial charge in [0.05, 0.1) is 24.4 Å². The fraction of sp³-hybridized carbons (Fsp3) is 0.417. The van der Waals surface area contributed by atoms with E-state index in [9.17, 15) is 14.4 Å². The van der Waals surface area contributed by atoms with Crippen molar-refractivity contribution in [2.24, 2.45) is 24.2 Å². The maximum absolute atomic E-state index is 13.2. The first-order valence-electron chi connectivity index (χ1n) is 12.6. The molecule has 0 spiro atoms. The molecule has 40 heavy (non-hydrogen) atoms. The number of anilines is 2. The number of nitrogens with zero attached hydrogens (tertiary/aromatic N) is 9. The topological polar surface area (TPSA) is 224 Å². The van der Waals surface area contributed by atoms with Crippen LogP contribution < -0.4 is 38.7 Å². The van der Waals surface area contributed by atoms with Crippen molar-refractivity contribution < 1.29 is 4.79 Å². The van der Waals surface area contributed by atoms with Crippen molar-refractivity contribution in [2.45, 2.75) is 51.1 Å². The van der Waals surface area contributed by atoms with E-state index in [4.69, 9.17) is 17.2 Å². The summed E-state index contributed by atoms with van der Waals surface area (Å²) in [5.41, 5.74) is 16.6. The van der Waals surface area contributed by atoms with Gasteiger partial charge >= 0.3 is 5.69 Å². The Bertz CT molecular complexity index is 1710. The lowest BCUT2D eigenvalue weighted by atomic mass is 10.0. The number of nitrogens with one attached hydrogen (secondary N) is 1. The summed E-state index contributed by atoms with van der Waals surface area (Å²) < 4.78 is 2.88. The predicted octanol–water partition coefficient (Wildman–Crippen LogP) is -0.834. The minimum absolute atomic E-state index is 0.00732. The Hall–Kier alpha value is -4.54. The van der Waals surface area contributed by atoms with Crippen molar-refractivity contribution in [3.63, 3.8) is 0 Å². The van der Waals surface area contributed by atoms with Crippen molar-refractivity contribution >= 4 is 28.8 Å². The zero-order valence-corrected chi connectivity index (χ0v) is 22.6. The summed E-state index contributed by atoms with van der Waals surface area (Å²) in [6, 6.07) is -0.955. The molecule has 0 saturated carbocycles. The Kier molecular flexibility index (Phi) is 6.48. The van der Waals surface area contributed by atoms with E-state index in [1.165, 1.54) is 24.1 Å². The maximum Gasteiger partial charge on any atom is 0.336 e. The van der Waals surface area contributed by atoms with E-state index in [2.05, 4.69) is 49.0 Å². The van der Waals surface area contributed by atoms with E-state index >= 15 is 0 Å². The minimum atomic E-state index is -2.13. The summed E-state index contributed by atoms with van der Waals surface area (Å²) >= 11 is 0. The van der Waals surface area contributed by atoms with Gasteiger partial charge in [0, 0.05) is 37.1 Å². The van der Waals surface area contributed by atoms with E-state index in [-0.39, 0.29) is 22.5 Å². The second kappa shape index (κ2) is 9.58. The molecule has 5 heterocycles. The summed E-state index contributed by atoms with van der Waals surface area (Å²) in [5, 5.41) is 2.70. The molecule has 4 aromatic rings. The van der Waals surface area contributed by atoms with E-state index in [1.807, 2.05) is 0 Å². The lowest BCUT2D eigenvalue weighted by Gasteiger charge is -2.31. The summed E-state index contributed by atoms with van der Waals surface area (Å²) in [4.78, 5) is 62.7. The lowest BCUT2D eigenvalue weighted by molar-refractivity contribution is -0.118. The number of hydrogen-bond acceptors (Lipinski definition) is 12. The SMILES string of the molecule is CC(C(=O)Nc1cncc(-c2cnc(N3CCCC3(C)C)nc2)n1)n1cnc2c1c(=O)n(C)c(=O)n2C(N)(N)N. The van der Waals surface area contributed by atoms with Gasteiger partial charge in [0.15, 0.2) is 17.0 Å². The zero-order chi connectivity index (χ0) is 29.0. The first kappa shape index (κ1) is 27.0. The highest BCUT2D eigenvalue weighted by atomic mass is 16.2. The highest BCUT2D eigenvalue weighted by molar-refractivity contribution is 5.93. The average molecular weight is 550 g/mol. The molecule has 0 aliphatic carbocycles. The third-order valence-electron chi connectivity index (χ3n) is 7.12. The van der Waals surface area contributed by atoms with Crippen molar-refractivity contribution in [3.05, 3.63) is 52.0 Å². The maximum atomic E-state index is 13.2. The van der Waals surface area contributed by atoms with Crippen molar-refractivity contribution in [3.8, 4) is 11.3 Å². The molecule has 16 heteroatoms. The van der Waals surface area contributed by atoms with Gasteiger partial charge in [0.1, 0.15) is 6.04 Å². The molecule has 5 rings (SSSR count). The van der Waals surface area contributed by atoms with Crippen LogP contribution in [0.4, 0.5) is 11.8 Å². The van der Waals surface area contributed by atoms with Crippen LogP contribution in [0, 0.1) is 0 Å². The minimum Gasteiger partial charge on any atom is -0.336 e. The Balaban J connectivity index is 1.40. The third-order valence-corrected chi connectivity index (χ3v) is 7.12. The van der Waals surface area contributed by atoms with Crippen LogP contribution >= 0.6 is 0 Å². The average Bonchev–Trinajstić information content (AvgIpc) is 3.49. The molecule has 210 valence electrons. The number of amides is 1. The summed E-state index contributed by atoms with van der Waals surface area (Å²) in [7, 11) is 1.25. The lowest BCUT2D eigenvalue weighted by Crippen LogP contribution is -2.64. The summed E-state index contributed by atoms with van der Waals surface area (Å²) in [5.74, 6) is -1.82. The second-order valence-electron chi connectivity index (χ2n) is 10.5. The van der Waals surface area contributed by atoms with Crippen LogP contribution in [0.2, 0.25) is 0 Å². The van der Waals surface area contributed by atoms with E-state index < -0.39 is 29.1 Å². The van der Waals surface area contributed by atoms with Crippen LogP contribution in [0.1, 0.15) is 39.7 Å². The summed E-state index contributed by atoms with van der Waals surface area (Å²) in [6.07, 6.45) is 9.68. The highest BCUT2D eigenvalue weighted by Gasteiger charge is 2.33. The van der Waals surface area contributed by atoms with Gasteiger partial charge in [0.2, 0.25) is 17.8 Å². The number of fused-ring (bicyclic) bond motifs is 1. The number of carbonyl (C=O) groups excluding carboxylic acids is 1. The number of nitrogens with two attached hydrogens (primary N) is 3. The van der Waals surface area contributed by atoms with Gasteiger partial charge in [0.25, 0.3) is 5.56 Å². The molecule has 7 N–H and O–H groups in total. The normalized spacial score (nSPS) is 15.9. The summed E-state index contributed by atoms with van der Waals surface area (Å²) in [6.45, 7) is 6.78. The number of hydrogen-bond donors (Lipinski definition) is 4. The molecule has 0 aromatic carbocycles. The third kappa shape index (κ3) is 4.61. The number of rotatable bonds is 6. The van der Waals surface area contributed by atoms with Gasteiger partial charge in [-0.1, -0.05) is 0 Å². The molecule has 1 saturated heterocycles. The van der Waals surface area contributed by atoms with Gasteiger partial charge < -0.3 is 14.8 Å². The Morgan fingerprint density at radius 3 is 2.42 bits per heavy atom. The van der Waals surface area contributed by atoms with Crippen molar-refractivity contribution in [1.29, 1.82) is 0 Å². The smallest absolute Gasteiger partial charge is 0.336 e. The number of carbonyl (C=O) groups is 1. The molecule has 0 radical (unpaired) electrons. The molecule has 4 aromatic heterocycles. The van der Waals surface area contributed by atoms with Crippen molar-refractivity contribution in [1.82, 2.24) is 38.6 Å². The standard InChI is InChI=1S/C24H31N13O3/c1-13(35-12-31-18-17(35)20(39)34(4)22(40)37(18)24(25,26)27)19(38)33-16-11-28-10-15(32-16)14-8-29-21(30-9-14)36-7-5-6-23(36,2)3/h8-13H,5-7,25-27H2,1-4H3,(H,32,33,38). The van der Waals surface area contributed by atoms with Crippen LogP contribution in [0.25, 0.3) is 22.4 Å². The van der Waals surface area contributed by atoms with Crippen molar-refractivity contribution in [2.75, 3.05) is 16.8 Å². The molecule has 1 aliphatic rings. The van der Waals surface area contributed by atoms with Gasteiger partial charge in [-0.3, -0.25) is 36.3 Å². The van der Waals surface area contributed by atoms with Crippen LogP contribution in [-0.4, -0.2) is 56.6 Å². The number of aromatic nitrogens is 8. The Morgan fingerprint density at radius 1 is 1.10 bits per heavy atom. The fourth-order valence-electron chi connectivity index (χ4n) is 4.84. The second-order valence-corrected chi connectivity index (χ2v) is 10.5. The largest absolute Gasteiger partial charge is 0.336 e. The predicted molar refractivity (Wildman–Crippen MR) is 147 cm³/mol. The Labute approximate surface area is 227 Å². The van der Waals surface area contributed by atoms with Crippen LogP contribution in [-0.2, 0) is 17.8 Å². The fourth-order valence-corrected chi connectivity index (χ4v) is 4.84. The van der Waals surface area contributed by atoms with E-state index in [0.717, 1.165) is 28.5 Å². The molecule has 1 aliphatic heterocycles. The van der Waals surface area contributed by atoms with Gasteiger partial charge in [-0.2, -0.15) is 0 Å². The highest BCUT2D eigenvalue weighted by Crippen LogP contribution is 2.31. The molecule has 16 nitrogen and oxygen atoms in total.